The van der Waals surface area contributed by atoms with Crippen LogP contribution in [0.3, 0.4) is 0 Å². The summed E-state index contributed by atoms with van der Waals surface area (Å²) in [7, 11) is 0. The number of rotatable bonds is 6. The van der Waals surface area contributed by atoms with Gasteiger partial charge in [0.05, 0.1) is 17.3 Å². The quantitative estimate of drug-likeness (QED) is 0.851. The van der Waals surface area contributed by atoms with Crippen molar-refractivity contribution >= 4 is 11.3 Å². The molecule has 0 amide bonds. The highest BCUT2D eigenvalue weighted by atomic mass is 32.1. The minimum absolute atomic E-state index is 0.0925. The van der Waals surface area contributed by atoms with Crippen LogP contribution in [0.5, 0.6) is 0 Å². The van der Waals surface area contributed by atoms with E-state index in [2.05, 4.69) is 50.5 Å². The SMILES string of the molecule is CC(NCCc1nc(C(C)(C)C)cs1)c1cccc(CO)c1. The van der Waals surface area contributed by atoms with Crippen molar-refractivity contribution in [1.82, 2.24) is 10.3 Å². The molecule has 3 nitrogen and oxygen atoms in total. The third kappa shape index (κ3) is 4.63. The summed E-state index contributed by atoms with van der Waals surface area (Å²) in [5, 5.41) is 16.1. The molecule has 0 spiro atoms. The van der Waals surface area contributed by atoms with E-state index in [1.807, 2.05) is 12.1 Å². The van der Waals surface area contributed by atoms with Gasteiger partial charge in [-0.25, -0.2) is 4.98 Å². The molecule has 1 unspecified atom stereocenters. The highest BCUT2D eigenvalue weighted by molar-refractivity contribution is 7.09. The lowest BCUT2D eigenvalue weighted by Crippen LogP contribution is -2.21. The molecule has 0 aliphatic rings. The van der Waals surface area contributed by atoms with E-state index in [0.29, 0.717) is 0 Å². The van der Waals surface area contributed by atoms with Gasteiger partial charge in [-0.3, -0.25) is 0 Å². The fourth-order valence-electron chi connectivity index (χ4n) is 2.24. The number of hydrogen-bond acceptors (Lipinski definition) is 4. The Morgan fingerprint density at radius 2 is 2.09 bits per heavy atom. The second-order valence-electron chi connectivity index (χ2n) is 6.71. The normalized spacial score (nSPS) is 13.3. The first-order valence-electron chi connectivity index (χ1n) is 7.78. The van der Waals surface area contributed by atoms with E-state index in [4.69, 9.17) is 4.98 Å². The number of thiazole rings is 1. The zero-order valence-corrected chi connectivity index (χ0v) is 14.7. The smallest absolute Gasteiger partial charge is 0.0941 e. The van der Waals surface area contributed by atoms with E-state index >= 15 is 0 Å². The number of hydrogen-bond donors (Lipinski definition) is 2. The van der Waals surface area contributed by atoms with Gasteiger partial charge in [-0.2, -0.15) is 0 Å². The highest BCUT2D eigenvalue weighted by Crippen LogP contribution is 2.24. The molecule has 2 rings (SSSR count). The van der Waals surface area contributed by atoms with Gasteiger partial charge in [0, 0.05) is 29.8 Å². The van der Waals surface area contributed by atoms with Crippen molar-refractivity contribution in [3.63, 3.8) is 0 Å². The second-order valence-corrected chi connectivity index (χ2v) is 7.65. The van der Waals surface area contributed by atoms with Crippen LogP contribution < -0.4 is 5.32 Å². The molecule has 1 atom stereocenters. The Hall–Kier alpha value is -1.23. The van der Waals surface area contributed by atoms with Gasteiger partial charge in [-0.1, -0.05) is 45.0 Å². The fourth-order valence-corrected chi connectivity index (χ4v) is 3.27. The van der Waals surface area contributed by atoms with Gasteiger partial charge in [0.15, 0.2) is 0 Å². The van der Waals surface area contributed by atoms with Crippen molar-refractivity contribution in [3.05, 3.63) is 51.5 Å². The topological polar surface area (TPSA) is 45.2 Å². The molecule has 120 valence electrons. The molecule has 2 aromatic rings. The average Bonchev–Trinajstić information content (AvgIpc) is 2.96. The summed E-state index contributed by atoms with van der Waals surface area (Å²) in [5.41, 5.74) is 3.47. The van der Waals surface area contributed by atoms with Crippen molar-refractivity contribution in [2.45, 2.75) is 52.2 Å². The van der Waals surface area contributed by atoms with Crippen molar-refractivity contribution in [2.24, 2.45) is 0 Å². The van der Waals surface area contributed by atoms with Crippen molar-refractivity contribution in [2.75, 3.05) is 6.54 Å². The monoisotopic (exact) mass is 318 g/mol. The average molecular weight is 318 g/mol. The summed E-state index contributed by atoms with van der Waals surface area (Å²) in [4.78, 5) is 4.72. The van der Waals surface area contributed by atoms with Crippen LogP contribution in [0.25, 0.3) is 0 Å². The van der Waals surface area contributed by atoms with Crippen molar-refractivity contribution in [1.29, 1.82) is 0 Å². The van der Waals surface area contributed by atoms with Gasteiger partial charge in [0.2, 0.25) is 0 Å². The summed E-state index contributed by atoms with van der Waals surface area (Å²) in [6.07, 6.45) is 0.949. The van der Waals surface area contributed by atoms with Gasteiger partial charge in [-0.05, 0) is 18.1 Å². The summed E-state index contributed by atoms with van der Waals surface area (Å²) in [6.45, 7) is 9.73. The van der Waals surface area contributed by atoms with Crippen LogP contribution in [-0.4, -0.2) is 16.6 Å². The maximum atomic E-state index is 9.21. The molecule has 1 aromatic carbocycles. The van der Waals surface area contributed by atoms with Crippen LogP contribution in [0, 0.1) is 0 Å². The predicted molar refractivity (Wildman–Crippen MR) is 93.3 cm³/mol. The fraction of sp³-hybridized carbons (Fsp3) is 0.500. The molecule has 0 aliphatic heterocycles. The van der Waals surface area contributed by atoms with Gasteiger partial charge >= 0.3 is 0 Å². The van der Waals surface area contributed by atoms with Gasteiger partial charge in [0.1, 0.15) is 0 Å². The minimum atomic E-state index is 0.0925. The van der Waals surface area contributed by atoms with Gasteiger partial charge in [-0.15, -0.1) is 11.3 Å². The Morgan fingerprint density at radius 3 is 2.73 bits per heavy atom. The molecular weight excluding hydrogens is 292 g/mol. The Labute approximate surface area is 137 Å². The van der Waals surface area contributed by atoms with E-state index in [1.165, 1.54) is 16.3 Å². The van der Waals surface area contributed by atoms with Crippen LogP contribution in [0.15, 0.2) is 29.6 Å². The summed E-state index contributed by atoms with van der Waals surface area (Å²) in [5.74, 6) is 0. The number of nitrogens with one attached hydrogen (secondary N) is 1. The standard InChI is InChI=1S/C18H26N2OS/c1-13(15-7-5-6-14(10-15)11-21)19-9-8-17-20-16(12-22-17)18(2,3)4/h5-7,10,12-13,19,21H,8-9,11H2,1-4H3. The largest absolute Gasteiger partial charge is 0.392 e. The molecule has 2 N–H and O–H groups in total. The summed E-state index contributed by atoms with van der Waals surface area (Å²) in [6, 6.07) is 8.36. The maximum Gasteiger partial charge on any atom is 0.0941 e. The number of benzene rings is 1. The van der Waals surface area contributed by atoms with E-state index in [0.717, 1.165) is 18.5 Å². The minimum Gasteiger partial charge on any atom is -0.392 e. The van der Waals surface area contributed by atoms with Crippen LogP contribution in [0.1, 0.15) is 55.6 Å². The van der Waals surface area contributed by atoms with Crippen molar-refractivity contribution in [3.8, 4) is 0 Å². The van der Waals surface area contributed by atoms with E-state index in [9.17, 15) is 5.11 Å². The van der Waals surface area contributed by atoms with Crippen LogP contribution in [-0.2, 0) is 18.4 Å². The van der Waals surface area contributed by atoms with Crippen LogP contribution in [0.2, 0.25) is 0 Å². The van der Waals surface area contributed by atoms with E-state index in [-0.39, 0.29) is 18.1 Å². The Morgan fingerprint density at radius 1 is 1.32 bits per heavy atom. The van der Waals surface area contributed by atoms with Gasteiger partial charge < -0.3 is 10.4 Å². The molecule has 0 fully saturated rings. The molecule has 0 saturated carbocycles. The predicted octanol–water partition coefficient (Wildman–Crippen LogP) is 3.83. The lowest BCUT2D eigenvalue weighted by atomic mass is 9.93. The first kappa shape index (κ1) is 17.1. The molecule has 1 aromatic heterocycles. The lowest BCUT2D eigenvalue weighted by Gasteiger charge is -2.15. The molecule has 22 heavy (non-hydrogen) atoms. The zero-order chi connectivity index (χ0) is 16.2. The molecule has 0 saturated heterocycles. The van der Waals surface area contributed by atoms with E-state index in [1.54, 1.807) is 11.3 Å². The van der Waals surface area contributed by atoms with Crippen molar-refractivity contribution < 1.29 is 5.11 Å². The number of aliphatic hydroxyl groups excluding tert-OH is 1. The number of aromatic nitrogens is 1. The zero-order valence-electron chi connectivity index (χ0n) is 13.9. The Balaban J connectivity index is 1.86. The summed E-state index contributed by atoms with van der Waals surface area (Å²) >= 11 is 1.75. The second kappa shape index (κ2) is 7.36. The molecule has 1 heterocycles. The first-order chi connectivity index (χ1) is 10.4. The molecule has 0 bridgehead atoms. The molecule has 0 aliphatic carbocycles. The van der Waals surface area contributed by atoms with E-state index < -0.39 is 0 Å². The summed E-state index contributed by atoms with van der Waals surface area (Å²) < 4.78 is 0. The number of aliphatic hydroxyl groups is 1. The molecule has 0 radical (unpaired) electrons. The lowest BCUT2D eigenvalue weighted by molar-refractivity contribution is 0.281. The molecule has 4 heteroatoms. The Kier molecular flexibility index (Phi) is 5.73. The van der Waals surface area contributed by atoms with Gasteiger partial charge in [0.25, 0.3) is 0 Å². The number of nitrogens with zero attached hydrogens (tertiary/aromatic N) is 1. The van der Waals surface area contributed by atoms with Crippen LogP contribution >= 0.6 is 11.3 Å². The highest BCUT2D eigenvalue weighted by Gasteiger charge is 2.17. The van der Waals surface area contributed by atoms with Crippen LogP contribution in [0.4, 0.5) is 0 Å². The maximum absolute atomic E-state index is 9.21. The molecular formula is C18H26N2OS. The third-order valence-electron chi connectivity index (χ3n) is 3.74. The Bertz CT molecular complexity index is 601. The third-order valence-corrected chi connectivity index (χ3v) is 4.65. The first-order valence-corrected chi connectivity index (χ1v) is 8.66.